The summed E-state index contributed by atoms with van der Waals surface area (Å²) in [5.41, 5.74) is 7.24. The number of urea groups is 1. The number of ether oxygens (including phenoxy) is 1. The summed E-state index contributed by atoms with van der Waals surface area (Å²) >= 11 is 0. The molecule has 0 aromatic heterocycles. The predicted octanol–water partition coefficient (Wildman–Crippen LogP) is 2.37. The van der Waals surface area contributed by atoms with E-state index < -0.39 is 6.03 Å². The van der Waals surface area contributed by atoms with Crippen LogP contribution in [0.2, 0.25) is 0 Å². The first-order chi connectivity index (χ1) is 11.1. The van der Waals surface area contributed by atoms with Crippen LogP contribution in [0.4, 0.5) is 16.2 Å². The van der Waals surface area contributed by atoms with E-state index in [-0.39, 0.29) is 11.8 Å². The molecule has 2 aromatic rings. The van der Waals surface area contributed by atoms with Gasteiger partial charge in [0.1, 0.15) is 12.4 Å². The lowest BCUT2D eigenvalue weighted by molar-refractivity contribution is -0.121. The fraction of sp³-hybridized carbons (Fsp3) is 0.176. The Balaban J connectivity index is 1.67. The predicted molar refractivity (Wildman–Crippen MR) is 87.4 cm³/mol. The number of benzene rings is 2. The van der Waals surface area contributed by atoms with Gasteiger partial charge in [0, 0.05) is 11.4 Å². The normalized spacial score (nSPS) is 15.9. The second-order valence-corrected chi connectivity index (χ2v) is 5.38. The number of hydrogen-bond acceptors (Lipinski definition) is 3. The monoisotopic (exact) mass is 311 g/mol. The molecule has 3 rings (SSSR count). The van der Waals surface area contributed by atoms with Gasteiger partial charge in [-0.25, -0.2) is 4.79 Å². The van der Waals surface area contributed by atoms with E-state index in [1.54, 1.807) is 24.3 Å². The van der Waals surface area contributed by atoms with Gasteiger partial charge in [-0.1, -0.05) is 24.3 Å². The number of rotatable bonds is 3. The van der Waals surface area contributed by atoms with Gasteiger partial charge in [0.05, 0.1) is 5.92 Å². The number of amides is 3. The molecule has 1 aliphatic rings. The lowest BCUT2D eigenvalue weighted by atomic mass is 9.96. The van der Waals surface area contributed by atoms with E-state index in [4.69, 9.17) is 10.5 Å². The molecule has 118 valence electrons. The van der Waals surface area contributed by atoms with Gasteiger partial charge in [0.25, 0.3) is 0 Å². The van der Waals surface area contributed by atoms with Crippen molar-refractivity contribution >= 4 is 23.3 Å². The van der Waals surface area contributed by atoms with Gasteiger partial charge in [-0.3, -0.25) is 4.79 Å². The molecule has 1 heterocycles. The quantitative estimate of drug-likeness (QED) is 0.812. The van der Waals surface area contributed by atoms with E-state index in [1.807, 2.05) is 24.3 Å². The number of carbonyl (C=O) groups excluding carboxylic acids is 2. The van der Waals surface area contributed by atoms with Crippen molar-refractivity contribution in [3.8, 4) is 5.75 Å². The first-order valence-electron chi connectivity index (χ1n) is 7.30. The summed E-state index contributed by atoms with van der Waals surface area (Å²) in [5.74, 6) is 0.470. The molecule has 0 fully saturated rings. The molecule has 0 spiro atoms. The Labute approximate surface area is 133 Å². The molecule has 2 aromatic carbocycles. The van der Waals surface area contributed by atoms with Crippen molar-refractivity contribution < 1.29 is 14.3 Å². The van der Waals surface area contributed by atoms with Crippen LogP contribution in [0.1, 0.15) is 5.56 Å². The minimum Gasteiger partial charge on any atom is -0.492 e. The number of hydrogen-bond donors (Lipinski definition) is 3. The minimum atomic E-state index is -0.647. The molecular weight excluding hydrogens is 294 g/mol. The van der Waals surface area contributed by atoms with Gasteiger partial charge < -0.3 is 21.1 Å². The van der Waals surface area contributed by atoms with Crippen molar-refractivity contribution in [3.63, 3.8) is 0 Å². The fourth-order valence-electron chi connectivity index (χ4n) is 2.56. The number of para-hydroxylation sites is 1. The van der Waals surface area contributed by atoms with Gasteiger partial charge in [-0.2, -0.15) is 0 Å². The zero-order valence-corrected chi connectivity index (χ0v) is 12.4. The van der Waals surface area contributed by atoms with Crippen molar-refractivity contribution in [2.45, 2.75) is 6.42 Å². The lowest BCUT2D eigenvalue weighted by Crippen LogP contribution is -2.32. The third-order valence-electron chi connectivity index (χ3n) is 3.65. The van der Waals surface area contributed by atoms with E-state index in [0.717, 1.165) is 11.3 Å². The second kappa shape index (κ2) is 6.39. The summed E-state index contributed by atoms with van der Waals surface area (Å²) in [7, 11) is 0. The van der Waals surface area contributed by atoms with Gasteiger partial charge in [-0.05, 0) is 36.2 Å². The maximum atomic E-state index is 12.4. The number of primary amides is 1. The summed E-state index contributed by atoms with van der Waals surface area (Å²) in [6.07, 6.45) is 0.640. The molecule has 1 aliphatic heterocycles. The number of carbonyl (C=O) groups is 2. The molecule has 1 unspecified atom stereocenters. The van der Waals surface area contributed by atoms with Crippen molar-refractivity contribution in [1.82, 2.24) is 0 Å². The molecule has 0 saturated carbocycles. The Kier molecular flexibility index (Phi) is 4.14. The van der Waals surface area contributed by atoms with Crippen LogP contribution in [0, 0.1) is 5.92 Å². The molecular formula is C17H17N3O3. The Hall–Kier alpha value is -3.02. The molecule has 0 bridgehead atoms. The number of nitrogens with two attached hydrogens (primary N) is 1. The Morgan fingerprint density at radius 3 is 2.57 bits per heavy atom. The standard InChI is InChI=1S/C17H17N3O3/c18-17(22)20-14-6-3-5-13(9-14)19-16(21)12-8-11-4-1-2-7-15(11)23-10-12/h1-7,9,12H,8,10H2,(H,19,21)(H3,18,20,22). The summed E-state index contributed by atoms with van der Waals surface area (Å²) in [6.45, 7) is 0.349. The summed E-state index contributed by atoms with van der Waals surface area (Å²) in [6, 6.07) is 13.9. The molecule has 3 amide bonds. The molecule has 0 radical (unpaired) electrons. The van der Waals surface area contributed by atoms with E-state index in [1.165, 1.54) is 0 Å². The van der Waals surface area contributed by atoms with Crippen molar-refractivity contribution in [3.05, 3.63) is 54.1 Å². The van der Waals surface area contributed by atoms with E-state index >= 15 is 0 Å². The third-order valence-corrected chi connectivity index (χ3v) is 3.65. The Morgan fingerprint density at radius 2 is 1.78 bits per heavy atom. The zero-order valence-electron chi connectivity index (χ0n) is 12.4. The van der Waals surface area contributed by atoms with Crippen molar-refractivity contribution in [1.29, 1.82) is 0 Å². The SMILES string of the molecule is NC(=O)Nc1cccc(NC(=O)C2COc3ccccc3C2)c1. The van der Waals surface area contributed by atoms with Crippen LogP contribution in [0.3, 0.4) is 0 Å². The highest BCUT2D eigenvalue weighted by atomic mass is 16.5. The summed E-state index contributed by atoms with van der Waals surface area (Å²) in [4.78, 5) is 23.3. The van der Waals surface area contributed by atoms with Gasteiger partial charge in [0.2, 0.25) is 5.91 Å². The van der Waals surface area contributed by atoms with E-state index in [0.29, 0.717) is 24.4 Å². The molecule has 1 atom stereocenters. The largest absolute Gasteiger partial charge is 0.492 e. The number of fused-ring (bicyclic) bond motifs is 1. The summed E-state index contributed by atoms with van der Waals surface area (Å²) < 4.78 is 5.64. The molecule has 0 saturated heterocycles. The van der Waals surface area contributed by atoms with Crippen LogP contribution in [0.15, 0.2) is 48.5 Å². The van der Waals surface area contributed by atoms with Crippen LogP contribution < -0.4 is 21.1 Å². The number of anilines is 2. The molecule has 6 nitrogen and oxygen atoms in total. The maximum absolute atomic E-state index is 12.4. The smallest absolute Gasteiger partial charge is 0.316 e. The highest BCUT2D eigenvalue weighted by Crippen LogP contribution is 2.27. The zero-order chi connectivity index (χ0) is 16.2. The Morgan fingerprint density at radius 1 is 1.04 bits per heavy atom. The minimum absolute atomic E-state index is 0.115. The first-order valence-corrected chi connectivity index (χ1v) is 7.30. The first kappa shape index (κ1) is 14.9. The maximum Gasteiger partial charge on any atom is 0.316 e. The van der Waals surface area contributed by atoms with Crippen LogP contribution in [-0.4, -0.2) is 18.5 Å². The molecule has 4 N–H and O–H groups in total. The van der Waals surface area contributed by atoms with Gasteiger partial charge >= 0.3 is 6.03 Å². The van der Waals surface area contributed by atoms with Crippen molar-refractivity contribution in [2.75, 3.05) is 17.2 Å². The number of nitrogens with one attached hydrogen (secondary N) is 2. The van der Waals surface area contributed by atoms with Crippen LogP contribution >= 0.6 is 0 Å². The molecule has 23 heavy (non-hydrogen) atoms. The fourth-order valence-corrected chi connectivity index (χ4v) is 2.56. The topological polar surface area (TPSA) is 93.5 Å². The van der Waals surface area contributed by atoms with E-state index in [2.05, 4.69) is 10.6 Å². The highest BCUT2D eigenvalue weighted by Gasteiger charge is 2.25. The van der Waals surface area contributed by atoms with Crippen LogP contribution in [0.5, 0.6) is 5.75 Å². The van der Waals surface area contributed by atoms with Crippen molar-refractivity contribution in [2.24, 2.45) is 11.7 Å². The summed E-state index contributed by atoms with van der Waals surface area (Å²) in [5, 5.41) is 5.32. The third kappa shape index (κ3) is 3.60. The van der Waals surface area contributed by atoms with E-state index in [9.17, 15) is 9.59 Å². The average Bonchev–Trinajstić information content (AvgIpc) is 2.54. The molecule has 6 heteroatoms. The van der Waals surface area contributed by atoms with Crippen LogP contribution in [0.25, 0.3) is 0 Å². The average molecular weight is 311 g/mol. The second-order valence-electron chi connectivity index (χ2n) is 5.38. The lowest BCUT2D eigenvalue weighted by Gasteiger charge is -2.24. The van der Waals surface area contributed by atoms with Gasteiger partial charge in [0.15, 0.2) is 0 Å². The van der Waals surface area contributed by atoms with Gasteiger partial charge in [-0.15, -0.1) is 0 Å². The van der Waals surface area contributed by atoms with Crippen LogP contribution in [-0.2, 0) is 11.2 Å². The highest BCUT2D eigenvalue weighted by molar-refractivity contribution is 5.94. The molecule has 0 aliphatic carbocycles. The Bertz CT molecular complexity index is 745.